The van der Waals surface area contributed by atoms with Gasteiger partial charge in [0.2, 0.25) is 0 Å². The van der Waals surface area contributed by atoms with Gasteiger partial charge in [-0.2, -0.15) is 0 Å². The van der Waals surface area contributed by atoms with Crippen molar-refractivity contribution < 1.29 is 4.79 Å². The Balaban J connectivity index is 1.57. The summed E-state index contributed by atoms with van der Waals surface area (Å²) in [5.41, 5.74) is 2.74. The van der Waals surface area contributed by atoms with Gasteiger partial charge >= 0.3 is 0 Å². The lowest BCUT2D eigenvalue weighted by atomic mass is 10.2. The molecule has 0 unspecified atom stereocenters. The van der Waals surface area contributed by atoms with Crippen LogP contribution in [0.5, 0.6) is 0 Å². The molecule has 0 aliphatic rings. The van der Waals surface area contributed by atoms with E-state index in [0.29, 0.717) is 11.4 Å². The van der Waals surface area contributed by atoms with E-state index < -0.39 is 0 Å². The first kappa shape index (κ1) is 16.6. The van der Waals surface area contributed by atoms with Crippen LogP contribution in [-0.2, 0) is 6.42 Å². The first-order valence-electron chi connectivity index (χ1n) is 8.00. The monoisotopic (exact) mass is 333 g/mol. The SMILES string of the molecule is CN(CCc1ccncc1)c1ccc(NC(=O)c2cccnc2)nc1. The van der Waals surface area contributed by atoms with Crippen molar-refractivity contribution in [2.45, 2.75) is 6.42 Å². The number of nitrogens with zero attached hydrogens (tertiary/aromatic N) is 4. The molecule has 3 aromatic heterocycles. The van der Waals surface area contributed by atoms with Gasteiger partial charge in [-0.1, -0.05) is 0 Å². The average molecular weight is 333 g/mol. The molecule has 0 saturated carbocycles. The number of hydrogen-bond donors (Lipinski definition) is 1. The summed E-state index contributed by atoms with van der Waals surface area (Å²) in [7, 11) is 2.02. The van der Waals surface area contributed by atoms with E-state index in [1.165, 1.54) is 11.8 Å². The molecule has 25 heavy (non-hydrogen) atoms. The summed E-state index contributed by atoms with van der Waals surface area (Å²) in [5, 5.41) is 2.77. The molecule has 0 spiro atoms. The molecule has 0 aromatic carbocycles. The minimum atomic E-state index is -0.223. The van der Waals surface area contributed by atoms with Crippen molar-refractivity contribution in [3.63, 3.8) is 0 Å². The minimum Gasteiger partial charge on any atom is -0.373 e. The maximum atomic E-state index is 12.1. The third-order valence-corrected chi connectivity index (χ3v) is 3.84. The number of aromatic nitrogens is 3. The van der Waals surface area contributed by atoms with Crippen LogP contribution in [0.2, 0.25) is 0 Å². The molecule has 3 aromatic rings. The fourth-order valence-corrected chi connectivity index (χ4v) is 2.35. The van der Waals surface area contributed by atoms with Crippen molar-refractivity contribution in [1.82, 2.24) is 15.0 Å². The molecule has 6 nitrogen and oxygen atoms in total. The van der Waals surface area contributed by atoms with Crippen LogP contribution in [0.3, 0.4) is 0 Å². The minimum absolute atomic E-state index is 0.223. The predicted molar refractivity (Wildman–Crippen MR) is 97.6 cm³/mol. The van der Waals surface area contributed by atoms with E-state index in [4.69, 9.17) is 0 Å². The molecule has 0 atom stereocenters. The highest BCUT2D eigenvalue weighted by Crippen LogP contribution is 2.15. The molecule has 3 rings (SSSR count). The number of nitrogens with one attached hydrogen (secondary N) is 1. The van der Waals surface area contributed by atoms with Crippen molar-refractivity contribution in [1.29, 1.82) is 0 Å². The summed E-state index contributed by atoms with van der Waals surface area (Å²) in [4.78, 5) is 26.5. The Labute approximate surface area is 146 Å². The van der Waals surface area contributed by atoms with Gasteiger partial charge in [0.1, 0.15) is 5.82 Å². The normalized spacial score (nSPS) is 10.3. The smallest absolute Gasteiger partial charge is 0.258 e. The summed E-state index contributed by atoms with van der Waals surface area (Å²) in [6, 6.07) is 11.2. The first-order chi connectivity index (χ1) is 12.2. The van der Waals surface area contributed by atoms with Crippen LogP contribution in [-0.4, -0.2) is 34.5 Å². The van der Waals surface area contributed by atoms with E-state index in [1.807, 2.05) is 25.2 Å². The molecular weight excluding hydrogens is 314 g/mol. The van der Waals surface area contributed by atoms with Gasteiger partial charge < -0.3 is 10.2 Å². The van der Waals surface area contributed by atoms with Gasteiger partial charge in [-0.05, 0) is 48.4 Å². The molecular formula is C19H19N5O. The molecule has 0 radical (unpaired) electrons. The number of carbonyl (C=O) groups is 1. The van der Waals surface area contributed by atoms with E-state index in [2.05, 4.69) is 25.2 Å². The zero-order chi connectivity index (χ0) is 17.5. The number of rotatable bonds is 6. The second-order valence-electron chi connectivity index (χ2n) is 5.62. The number of likely N-dealkylation sites (N-methyl/N-ethyl adjacent to an activating group) is 1. The molecule has 126 valence electrons. The summed E-state index contributed by atoms with van der Waals surface area (Å²) in [6.07, 6.45) is 9.44. The molecule has 0 aliphatic carbocycles. The summed E-state index contributed by atoms with van der Waals surface area (Å²) < 4.78 is 0. The van der Waals surface area contributed by atoms with E-state index in [0.717, 1.165) is 18.7 Å². The number of carbonyl (C=O) groups excluding carboxylic acids is 1. The van der Waals surface area contributed by atoms with E-state index in [9.17, 15) is 4.79 Å². The number of pyridine rings is 3. The van der Waals surface area contributed by atoms with Gasteiger partial charge in [-0.15, -0.1) is 0 Å². The van der Waals surface area contributed by atoms with Crippen LogP contribution in [0.15, 0.2) is 67.4 Å². The Bertz CT molecular complexity index is 806. The Morgan fingerprint density at radius 1 is 1.04 bits per heavy atom. The van der Waals surface area contributed by atoms with Gasteiger partial charge in [-0.3, -0.25) is 14.8 Å². The largest absolute Gasteiger partial charge is 0.373 e. The Morgan fingerprint density at radius 3 is 2.56 bits per heavy atom. The molecule has 0 bridgehead atoms. The van der Waals surface area contributed by atoms with Crippen molar-refractivity contribution in [2.75, 3.05) is 23.8 Å². The van der Waals surface area contributed by atoms with Gasteiger partial charge in [0.05, 0.1) is 17.4 Å². The Hall–Kier alpha value is -3.28. The first-order valence-corrected chi connectivity index (χ1v) is 8.00. The van der Waals surface area contributed by atoms with Crippen molar-refractivity contribution in [2.24, 2.45) is 0 Å². The number of anilines is 2. The standard InChI is InChI=1S/C19H19N5O/c1-24(12-8-15-6-10-20-11-7-15)17-4-5-18(22-14-17)23-19(25)16-3-2-9-21-13-16/h2-7,9-11,13-14H,8,12H2,1H3,(H,22,23,25). The number of amides is 1. The van der Waals surface area contributed by atoms with Crippen LogP contribution in [0.4, 0.5) is 11.5 Å². The van der Waals surface area contributed by atoms with E-state index in [1.54, 1.807) is 43.0 Å². The Kier molecular flexibility index (Phi) is 5.31. The zero-order valence-corrected chi connectivity index (χ0v) is 14.0. The van der Waals surface area contributed by atoms with Crippen molar-refractivity contribution >= 4 is 17.4 Å². The summed E-state index contributed by atoms with van der Waals surface area (Å²) in [6.45, 7) is 0.868. The Morgan fingerprint density at radius 2 is 1.88 bits per heavy atom. The maximum Gasteiger partial charge on any atom is 0.258 e. The molecule has 6 heteroatoms. The number of hydrogen-bond acceptors (Lipinski definition) is 5. The van der Waals surface area contributed by atoms with Gasteiger partial charge in [0.25, 0.3) is 5.91 Å². The molecule has 0 saturated heterocycles. The fourth-order valence-electron chi connectivity index (χ4n) is 2.35. The lowest BCUT2D eigenvalue weighted by Gasteiger charge is -2.19. The van der Waals surface area contributed by atoms with Crippen molar-refractivity contribution in [3.8, 4) is 0 Å². The lowest BCUT2D eigenvalue weighted by Crippen LogP contribution is -2.20. The predicted octanol–water partition coefficient (Wildman–Crippen LogP) is 2.80. The third kappa shape index (κ3) is 4.60. The van der Waals surface area contributed by atoms with Crippen LogP contribution < -0.4 is 10.2 Å². The quantitative estimate of drug-likeness (QED) is 0.751. The summed E-state index contributed by atoms with van der Waals surface area (Å²) >= 11 is 0. The molecule has 1 amide bonds. The molecule has 1 N–H and O–H groups in total. The lowest BCUT2D eigenvalue weighted by molar-refractivity contribution is 0.102. The molecule has 0 aliphatic heterocycles. The highest BCUT2D eigenvalue weighted by Gasteiger charge is 2.07. The second kappa shape index (κ2) is 8.01. The molecule has 0 fully saturated rings. The molecule has 3 heterocycles. The average Bonchev–Trinajstić information content (AvgIpc) is 2.68. The van der Waals surface area contributed by atoms with E-state index >= 15 is 0 Å². The summed E-state index contributed by atoms with van der Waals surface area (Å²) in [5.74, 6) is 0.291. The van der Waals surface area contributed by atoms with Crippen LogP contribution in [0.25, 0.3) is 0 Å². The highest BCUT2D eigenvalue weighted by atomic mass is 16.1. The third-order valence-electron chi connectivity index (χ3n) is 3.84. The van der Waals surface area contributed by atoms with Crippen LogP contribution in [0.1, 0.15) is 15.9 Å². The van der Waals surface area contributed by atoms with Crippen molar-refractivity contribution in [3.05, 3.63) is 78.5 Å². The fraction of sp³-hybridized carbons (Fsp3) is 0.158. The second-order valence-corrected chi connectivity index (χ2v) is 5.62. The van der Waals surface area contributed by atoms with Gasteiger partial charge in [0, 0.05) is 38.4 Å². The van der Waals surface area contributed by atoms with Crippen LogP contribution in [0, 0.1) is 0 Å². The maximum absolute atomic E-state index is 12.1. The van der Waals surface area contributed by atoms with E-state index in [-0.39, 0.29) is 5.91 Å². The van der Waals surface area contributed by atoms with Crippen LogP contribution >= 0.6 is 0 Å². The zero-order valence-electron chi connectivity index (χ0n) is 14.0. The highest BCUT2D eigenvalue weighted by molar-refractivity contribution is 6.03. The van der Waals surface area contributed by atoms with Gasteiger partial charge in [-0.25, -0.2) is 4.98 Å². The topological polar surface area (TPSA) is 71.0 Å². The van der Waals surface area contributed by atoms with Gasteiger partial charge in [0.15, 0.2) is 0 Å².